The van der Waals surface area contributed by atoms with E-state index in [-0.39, 0.29) is 34.5 Å². The number of carbonyl (C=O) groups is 1. The molecule has 0 saturated heterocycles. The summed E-state index contributed by atoms with van der Waals surface area (Å²) in [4.78, 5) is 28.8. The molecule has 12 heteroatoms. The molecule has 1 aliphatic rings. The Labute approximate surface area is 216 Å². The van der Waals surface area contributed by atoms with Crippen LogP contribution in [-0.4, -0.2) is 37.2 Å². The molecule has 5 rings (SSSR count). The van der Waals surface area contributed by atoms with Crippen molar-refractivity contribution < 1.29 is 22.7 Å². The van der Waals surface area contributed by atoms with Gasteiger partial charge in [-0.1, -0.05) is 24.3 Å². The van der Waals surface area contributed by atoms with Crippen LogP contribution in [0.2, 0.25) is 0 Å². The molecule has 37 heavy (non-hydrogen) atoms. The number of carbonyl (C=O) groups excluding carboxylic acids is 1. The topological polar surface area (TPSA) is 146 Å². The van der Waals surface area contributed by atoms with Crippen LogP contribution in [0.3, 0.4) is 0 Å². The van der Waals surface area contributed by atoms with Crippen LogP contribution >= 0.6 is 12.2 Å². The third kappa shape index (κ3) is 5.26. The van der Waals surface area contributed by atoms with Crippen molar-refractivity contribution in [3.8, 4) is 11.5 Å². The molecule has 0 aliphatic carbocycles. The van der Waals surface area contributed by atoms with Gasteiger partial charge in [0.1, 0.15) is 0 Å². The molecule has 0 unspecified atom stereocenters. The summed E-state index contributed by atoms with van der Waals surface area (Å²) in [5, 5.41) is 8.38. The number of rotatable bonds is 7. The number of benzene rings is 3. The zero-order chi connectivity index (χ0) is 26.2. The number of nitrogens with two attached hydrogens (primary N) is 1. The van der Waals surface area contributed by atoms with Crippen LogP contribution in [-0.2, 0) is 23.0 Å². The van der Waals surface area contributed by atoms with E-state index in [4.69, 9.17) is 26.8 Å². The van der Waals surface area contributed by atoms with Gasteiger partial charge in [-0.3, -0.25) is 14.2 Å². The molecule has 0 fully saturated rings. The summed E-state index contributed by atoms with van der Waals surface area (Å²) in [5.41, 5.74) is 2.45. The first-order valence-corrected chi connectivity index (χ1v) is 13.2. The highest BCUT2D eigenvalue weighted by Crippen LogP contribution is 2.34. The van der Waals surface area contributed by atoms with Gasteiger partial charge in [-0.05, 0) is 60.1 Å². The molecule has 0 spiro atoms. The van der Waals surface area contributed by atoms with Gasteiger partial charge in [-0.25, -0.2) is 13.6 Å². The number of hydrogen-bond donors (Lipinski definition) is 3. The minimum atomic E-state index is -3.74. The van der Waals surface area contributed by atoms with E-state index in [0.29, 0.717) is 40.9 Å². The number of aromatic amines is 1. The summed E-state index contributed by atoms with van der Waals surface area (Å²) in [6.45, 7) is 0.708. The molecule has 3 aromatic carbocycles. The molecule has 0 atom stereocenters. The van der Waals surface area contributed by atoms with Crippen LogP contribution in [0, 0.1) is 4.77 Å². The first-order valence-electron chi connectivity index (χ1n) is 11.2. The Morgan fingerprint density at radius 3 is 2.35 bits per heavy atom. The zero-order valence-corrected chi connectivity index (χ0v) is 21.0. The van der Waals surface area contributed by atoms with Crippen molar-refractivity contribution in [1.29, 1.82) is 0 Å². The van der Waals surface area contributed by atoms with E-state index in [0.717, 1.165) is 11.1 Å². The quantitative estimate of drug-likeness (QED) is 0.307. The number of ether oxygens (including phenoxy) is 2. The van der Waals surface area contributed by atoms with Gasteiger partial charge in [0.15, 0.2) is 16.3 Å². The second kappa shape index (κ2) is 9.81. The van der Waals surface area contributed by atoms with Crippen molar-refractivity contribution in [3.05, 3.63) is 92.5 Å². The summed E-state index contributed by atoms with van der Waals surface area (Å²) < 4.78 is 35.2. The normalized spacial score (nSPS) is 12.6. The second-order valence-electron chi connectivity index (χ2n) is 8.46. The third-order valence-corrected chi connectivity index (χ3v) is 7.23. The van der Waals surface area contributed by atoms with Crippen LogP contribution in [0.25, 0.3) is 10.9 Å². The smallest absolute Gasteiger partial charge is 0.262 e. The Morgan fingerprint density at radius 2 is 1.68 bits per heavy atom. The Hall–Kier alpha value is -4.00. The number of sulfonamides is 1. The van der Waals surface area contributed by atoms with Gasteiger partial charge in [0.25, 0.3) is 11.5 Å². The van der Waals surface area contributed by atoms with Gasteiger partial charge in [0, 0.05) is 18.2 Å². The largest absolute Gasteiger partial charge is 0.454 e. The minimum absolute atomic E-state index is 0.0412. The van der Waals surface area contributed by atoms with Gasteiger partial charge >= 0.3 is 0 Å². The highest BCUT2D eigenvalue weighted by Gasteiger charge is 2.17. The lowest BCUT2D eigenvalue weighted by Gasteiger charge is -2.10. The van der Waals surface area contributed by atoms with E-state index in [1.165, 1.54) is 16.7 Å². The zero-order valence-electron chi connectivity index (χ0n) is 19.4. The summed E-state index contributed by atoms with van der Waals surface area (Å²) in [6, 6.07) is 16.4. The van der Waals surface area contributed by atoms with Crippen LogP contribution in [0.15, 0.2) is 70.4 Å². The molecule has 10 nitrogen and oxygen atoms in total. The Balaban J connectivity index is 1.24. The molecule has 2 heterocycles. The first-order chi connectivity index (χ1) is 17.7. The van der Waals surface area contributed by atoms with Crippen LogP contribution in [0.5, 0.6) is 11.5 Å². The van der Waals surface area contributed by atoms with E-state index in [2.05, 4.69) is 10.3 Å². The average molecular weight is 539 g/mol. The number of H-pyrrole nitrogens is 1. The van der Waals surface area contributed by atoms with E-state index in [1.807, 2.05) is 0 Å². The van der Waals surface area contributed by atoms with Crippen molar-refractivity contribution >= 4 is 39.1 Å². The fourth-order valence-electron chi connectivity index (χ4n) is 4.00. The predicted molar refractivity (Wildman–Crippen MR) is 139 cm³/mol. The maximum Gasteiger partial charge on any atom is 0.262 e. The van der Waals surface area contributed by atoms with E-state index < -0.39 is 10.0 Å². The second-order valence-corrected chi connectivity index (χ2v) is 10.4. The number of fused-ring (bicyclic) bond motifs is 2. The molecule has 4 N–H and O–H groups in total. The van der Waals surface area contributed by atoms with E-state index in [9.17, 15) is 18.0 Å². The maximum atomic E-state index is 13.1. The number of primary sulfonamides is 1. The van der Waals surface area contributed by atoms with Gasteiger partial charge in [0.2, 0.25) is 16.8 Å². The standard InChI is InChI=1S/C25H22N4O6S2/c26-37(32,33)18-7-3-15(4-8-18)9-10-27-23(30)17-5-1-16(2-6-17)13-29-24(31)19-11-21-22(35-14-34-21)12-20(19)28-25(29)36/h1-8,11-12H,9-10,13-14H2,(H,27,30)(H,28,36)(H2,26,32,33). The van der Waals surface area contributed by atoms with E-state index >= 15 is 0 Å². The predicted octanol–water partition coefficient (Wildman–Crippen LogP) is 2.46. The monoisotopic (exact) mass is 538 g/mol. The molecular formula is C25H22N4O6S2. The molecule has 1 aromatic heterocycles. The summed E-state index contributed by atoms with van der Waals surface area (Å²) in [5.74, 6) is 0.825. The molecule has 1 amide bonds. The van der Waals surface area contributed by atoms with Crippen LogP contribution < -0.4 is 25.5 Å². The SMILES string of the molecule is NS(=O)(=O)c1ccc(CCNC(=O)c2ccc(Cn3c(=S)[nH]c4cc5c(cc4c3=O)OCO5)cc2)cc1. The number of nitrogens with one attached hydrogen (secondary N) is 2. The van der Waals surface area contributed by atoms with Crippen molar-refractivity contribution in [3.63, 3.8) is 0 Å². The molecule has 0 radical (unpaired) electrons. The Kier molecular flexibility index (Phi) is 6.54. The first kappa shape index (κ1) is 24.7. The maximum absolute atomic E-state index is 13.1. The van der Waals surface area contributed by atoms with Gasteiger partial charge in [-0.15, -0.1) is 0 Å². The molecular weight excluding hydrogens is 516 g/mol. The average Bonchev–Trinajstić information content (AvgIpc) is 3.33. The Morgan fingerprint density at radius 1 is 1.03 bits per heavy atom. The van der Waals surface area contributed by atoms with Crippen molar-refractivity contribution in [1.82, 2.24) is 14.9 Å². The van der Waals surface area contributed by atoms with Crippen molar-refractivity contribution in [2.24, 2.45) is 5.14 Å². The lowest BCUT2D eigenvalue weighted by molar-refractivity contribution is 0.0954. The van der Waals surface area contributed by atoms with Crippen LogP contribution in [0.4, 0.5) is 0 Å². The summed E-state index contributed by atoms with van der Waals surface area (Å²) >= 11 is 5.41. The van der Waals surface area contributed by atoms with Gasteiger partial charge in [0.05, 0.1) is 22.3 Å². The summed E-state index contributed by atoms with van der Waals surface area (Å²) in [7, 11) is -3.74. The van der Waals surface area contributed by atoms with Gasteiger partial charge < -0.3 is 19.8 Å². The number of hydrogen-bond acceptors (Lipinski definition) is 7. The lowest BCUT2D eigenvalue weighted by atomic mass is 10.1. The highest BCUT2D eigenvalue weighted by molar-refractivity contribution is 7.89. The van der Waals surface area contributed by atoms with Crippen molar-refractivity contribution in [2.45, 2.75) is 17.9 Å². The minimum Gasteiger partial charge on any atom is -0.454 e. The molecule has 190 valence electrons. The highest BCUT2D eigenvalue weighted by atomic mass is 32.2. The number of amides is 1. The molecule has 4 aromatic rings. The fraction of sp³-hybridized carbons (Fsp3) is 0.160. The molecule has 1 aliphatic heterocycles. The fourth-order valence-corrected chi connectivity index (χ4v) is 4.77. The van der Waals surface area contributed by atoms with Gasteiger partial charge in [-0.2, -0.15) is 0 Å². The summed E-state index contributed by atoms with van der Waals surface area (Å²) in [6.07, 6.45) is 0.526. The van der Waals surface area contributed by atoms with Crippen molar-refractivity contribution in [2.75, 3.05) is 13.3 Å². The number of nitrogens with zero attached hydrogens (tertiary/aromatic N) is 1. The van der Waals surface area contributed by atoms with E-state index in [1.54, 1.807) is 48.5 Å². The third-order valence-electron chi connectivity index (χ3n) is 5.98. The van der Waals surface area contributed by atoms with Crippen LogP contribution in [0.1, 0.15) is 21.5 Å². The number of aromatic nitrogens is 2. The molecule has 0 saturated carbocycles. The molecule has 0 bridgehead atoms. The lowest BCUT2D eigenvalue weighted by Crippen LogP contribution is -2.26. The Bertz CT molecular complexity index is 1730.